The van der Waals surface area contributed by atoms with Crippen molar-refractivity contribution in [3.63, 3.8) is 0 Å². The van der Waals surface area contributed by atoms with E-state index in [1.165, 1.54) is 0 Å². The van der Waals surface area contributed by atoms with Gasteiger partial charge in [0.25, 0.3) is 11.8 Å². The molecule has 0 aromatic carbocycles. The Morgan fingerprint density at radius 1 is 1.36 bits per heavy atom. The van der Waals surface area contributed by atoms with Crippen LogP contribution in [0.4, 0.5) is 4.79 Å². The molecule has 0 radical (unpaired) electrons. The molecule has 22 heavy (non-hydrogen) atoms. The number of azide groups is 1. The standard InChI is InChI=1S/C12H19N5O5/c1-8(2)6-21-7-9(15-16-13)5-14-12(20)22-17-10(18)3-4-11(17)19/h8-9H,3-7H2,1-2H3,(H,14,20). The predicted molar refractivity (Wildman–Crippen MR) is 74.2 cm³/mol. The largest absolute Gasteiger partial charge is 0.432 e. The number of imide groups is 1. The van der Waals surface area contributed by atoms with E-state index >= 15 is 0 Å². The number of hydrogen-bond donors (Lipinski definition) is 1. The number of nitrogens with zero attached hydrogens (tertiary/aromatic N) is 4. The van der Waals surface area contributed by atoms with Crippen LogP contribution in [0.25, 0.3) is 10.4 Å². The molecule has 1 aliphatic rings. The van der Waals surface area contributed by atoms with Crippen molar-refractivity contribution in [3.05, 3.63) is 10.4 Å². The maximum absolute atomic E-state index is 11.5. The van der Waals surface area contributed by atoms with Crippen LogP contribution < -0.4 is 5.32 Å². The summed E-state index contributed by atoms with van der Waals surface area (Å²) in [7, 11) is 0. The van der Waals surface area contributed by atoms with Crippen molar-refractivity contribution in [1.29, 1.82) is 0 Å². The van der Waals surface area contributed by atoms with Crippen LogP contribution in [0.3, 0.4) is 0 Å². The average Bonchev–Trinajstić information content (AvgIpc) is 2.76. The molecule has 1 N–H and O–H groups in total. The molecule has 1 aliphatic heterocycles. The van der Waals surface area contributed by atoms with Gasteiger partial charge >= 0.3 is 6.09 Å². The monoisotopic (exact) mass is 313 g/mol. The minimum absolute atomic E-state index is 0.0243. The van der Waals surface area contributed by atoms with Gasteiger partial charge in [-0.1, -0.05) is 19.0 Å². The summed E-state index contributed by atoms with van der Waals surface area (Å²) in [4.78, 5) is 41.4. The third-order valence-electron chi connectivity index (χ3n) is 2.64. The summed E-state index contributed by atoms with van der Waals surface area (Å²) in [6.07, 6.45) is -0.918. The third kappa shape index (κ3) is 5.98. The van der Waals surface area contributed by atoms with Gasteiger partial charge in [0, 0.05) is 30.9 Å². The van der Waals surface area contributed by atoms with E-state index in [-0.39, 0.29) is 26.0 Å². The fourth-order valence-electron chi connectivity index (χ4n) is 1.62. The molecule has 10 heteroatoms. The number of rotatable bonds is 8. The van der Waals surface area contributed by atoms with Crippen molar-refractivity contribution < 1.29 is 24.0 Å². The lowest BCUT2D eigenvalue weighted by molar-refractivity contribution is -0.171. The molecule has 1 rings (SSSR count). The molecule has 0 aliphatic carbocycles. The fourth-order valence-corrected chi connectivity index (χ4v) is 1.62. The van der Waals surface area contributed by atoms with E-state index in [4.69, 9.17) is 10.3 Å². The van der Waals surface area contributed by atoms with Crippen molar-refractivity contribution in [2.75, 3.05) is 19.8 Å². The van der Waals surface area contributed by atoms with Crippen LogP contribution in [-0.4, -0.2) is 48.8 Å². The molecule has 1 unspecified atom stereocenters. The highest BCUT2D eigenvalue weighted by atomic mass is 16.7. The van der Waals surface area contributed by atoms with Gasteiger partial charge in [-0.25, -0.2) is 4.79 Å². The van der Waals surface area contributed by atoms with Crippen molar-refractivity contribution in [2.24, 2.45) is 11.0 Å². The summed E-state index contributed by atoms with van der Waals surface area (Å²) in [6, 6.07) is -0.610. The van der Waals surface area contributed by atoms with Gasteiger partial charge in [0.15, 0.2) is 0 Å². The van der Waals surface area contributed by atoms with Crippen LogP contribution in [0, 0.1) is 5.92 Å². The molecule has 1 fully saturated rings. The minimum Gasteiger partial charge on any atom is -0.381 e. The molecular formula is C12H19N5O5. The summed E-state index contributed by atoms with van der Waals surface area (Å²) >= 11 is 0. The number of hydroxylamine groups is 2. The van der Waals surface area contributed by atoms with Crippen molar-refractivity contribution in [2.45, 2.75) is 32.7 Å². The van der Waals surface area contributed by atoms with Gasteiger partial charge in [-0.3, -0.25) is 9.59 Å². The Balaban J connectivity index is 2.37. The molecule has 0 bridgehead atoms. The Kier molecular flexibility index (Phi) is 7.14. The summed E-state index contributed by atoms with van der Waals surface area (Å²) in [5.41, 5.74) is 8.47. The van der Waals surface area contributed by atoms with E-state index < -0.39 is 23.9 Å². The first-order chi connectivity index (χ1) is 10.4. The van der Waals surface area contributed by atoms with Crippen LogP contribution >= 0.6 is 0 Å². The second-order valence-electron chi connectivity index (χ2n) is 5.13. The number of carbonyl (C=O) groups is 3. The topological polar surface area (TPSA) is 134 Å². The van der Waals surface area contributed by atoms with E-state index in [1.807, 2.05) is 13.8 Å². The van der Waals surface area contributed by atoms with Crippen LogP contribution in [0.15, 0.2) is 5.11 Å². The SMILES string of the molecule is CC(C)COCC(CNC(=O)ON1C(=O)CCC1=O)N=[N+]=[N-]. The van der Waals surface area contributed by atoms with Crippen LogP contribution in [-0.2, 0) is 19.2 Å². The predicted octanol–water partition coefficient (Wildman–Crippen LogP) is 1.13. The number of amides is 3. The Bertz CT molecular complexity index is 459. The van der Waals surface area contributed by atoms with Crippen molar-refractivity contribution in [3.8, 4) is 0 Å². The Labute approximate surface area is 127 Å². The average molecular weight is 313 g/mol. The van der Waals surface area contributed by atoms with Gasteiger partial charge in [-0.05, 0) is 11.4 Å². The third-order valence-corrected chi connectivity index (χ3v) is 2.64. The van der Waals surface area contributed by atoms with Gasteiger partial charge < -0.3 is 14.9 Å². The van der Waals surface area contributed by atoms with E-state index in [0.717, 1.165) is 0 Å². The van der Waals surface area contributed by atoms with E-state index in [2.05, 4.69) is 20.2 Å². The summed E-state index contributed by atoms with van der Waals surface area (Å²) in [5.74, 6) is -0.796. The van der Waals surface area contributed by atoms with Gasteiger partial charge in [0.1, 0.15) is 0 Å². The van der Waals surface area contributed by atoms with Crippen LogP contribution in [0.1, 0.15) is 26.7 Å². The molecular weight excluding hydrogens is 294 g/mol. The van der Waals surface area contributed by atoms with Gasteiger partial charge in [0.05, 0.1) is 12.6 Å². The molecule has 1 atom stereocenters. The number of carbonyl (C=O) groups excluding carboxylic acids is 3. The first-order valence-corrected chi connectivity index (χ1v) is 6.87. The second kappa shape index (κ2) is 8.85. The summed E-state index contributed by atoms with van der Waals surface area (Å²) in [5, 5.41) is 6.25. The zero-order valence-corrected chi connectivity index (χ0v) is 12.5. The Morgan fingerprint density at radius 3 is 2.55 bits per heavy atom. The second-order valence-corrected chi connectivity index (χ2v) is 5.13. The van der Waals surface area contributed by atoms with Crippen LogP contribution in [0.2, 0.25) is 0 Å². The molecule has 1 saturated heterocycles. The Hall–Kier alpha value is -2.32. The molecule has 3 amide bonds. The number of ether oxygens (including phenoxy) is 1. The molecule has 1 heterocycles. The highest BCUT2D eigenvalue weighted by Crippen LogP contribution is 2.11. The van der Waals surface area contributed by atoms with E-state index in [0.29, 0.717) is 17.6 Å². The zero-order chi connectivity index (χ0) is 16.5. The smallest absolute Gasteiger partial charge is 0.381 e. The number of hydrogen-bond acceptors (Lipinski definition) is 6. The summed E-state index contributed by atoms with van der Waals surface area (Å²) in [6.45, 7) is 4.56. The molecule has 10 nitrogen and oxygen atoms in total. The highest BCUT2D eigenvalue weighted by molar-refractivity contribution is 6.01. The Morgan fingerprint density at radius 2 is 2.00 bits per heavy atom. The van der Waals surface area contributed by atoms with Gasteiger partial charge in [-0.2, -0.15) is 0 Å². The highest BCUT2D eigenvalue weighted by Gasteiger charge is 2.32. The summed E-state index contributed by atoms with van der Waals surface area (Å²) < 4.78 is 5.33. The van der Waals surface area contributed by atoms with Crippen molar-refractivity contribution >= 4 is 17.9 Å². The molecule has 122 valence electrons. The first-order valence-electron chi connectivity index (χ1n) is 6.87. The molecule has 0 saturated carbocycles. The molecule has 0 aromatic rings. The molecule has 0 spiro atoms. The lowest BCUT2D eigenvalue weighted by atomic mass is 10.2. The normalized spacial score (nSPS) is 15.7. The number of nitrogens with one attached hydrogen (secondary N) is 1. The van der Waals surface area contributed by atoms with Crippen LogP contribution in [0.5, 0.6) is 0 Å². The molecule has 0 aromatic heterocycles. The van der Waals surface area contributed by atoms with E-state index in [9.17, 15) is 14.4 Å². The lowest BCUT2D eigenvalue weighted by Gasteiger charge is -2.16. The fraction of sp³-hybridized carbons (Fsp3) is 0.750. The van der Waals surface area contributed by atoms with Gasteiger partial charge in [0.2, 0.25) is 0 Å². The van der Waals surface area contributed by atoms with Gasteiger partial charge in [-0.15, -0.1) is 5.06 Å². The maximum atomic E-state index is 11.5. The quantitative estimate of drug-likeness (QED) is 0.310. The lowest BCUT2D eigenvalue weighted by Crippen LogP contribution is -2.40. The minimum atomic E-state index is -0.967. The van der Waals surface area contributed by atoms with Crippen molar-refractivity contribution in [1.82, 2.24) is 10.4 Å². The van der Waals surface area contributed by atoms with E-state index in [1.54, 1.807) is 0 Å². The zero-order valence-electron chi connectivity index (χ0n) is 12.5. The maximum Gasteiger partial charge on any atom is 0.432 e. The first kappa shape index (κ1) is 17.7.